The first-order valence-corrected chi connectivity index (χ1v) is 34.3. The van der Waals surface area contributed by atoms with Crippen LogP contribution < -0.4 is 22.2 Å². The summed E-state index contributed by atoms with van der Waals surface area (Å²) in [6.45, 7) is 0. The lowest BCUT2D eigenvalue weighted by atomic mass is 10.00. The molecular weight excluding hydrogens is 1280 g/mol. The van der Waals surface area contributed by atoms with Gasteiger partial charge in [-0.1, -0.05) is 164 Å². The predicted octanol–water partition coefficient (Wildman–Crippen LogP) is 18.9. The van der Waals surface area contributed by atoms with E-state index in [1.807, 2.05) is 188 Å². The summed E-state index contributed by atoms with van der Waals surface area (Å²) in [5.74, 6) is 0. The highest BCUT2D eigenvalue weighted by atomic mass is 32.1. The lowest BCUT2D eigenvalue weighted by Crippen LogP contribution is -2.28. The van der Waals surface area contributed by atoms with Gasteiger partial charge in [0.15, 0.2) is 6.17 Å². The largest absolute Gasteiger partial charge is 0.309 e. The predicted molar refractivity (Wildman–Crippen MR) is 418 cm³/mol. The van der Waals surface area contributed by atoms with Crippen molar-refractivity contribution in [2.45, 2.75) is 6.17 Å². The Morgan fingerprint density at radius 1 is 0.304 bits per heavy atom. The van der Waals surface area contributed by atoms with Crippen molar-refractivity contribution in [1.29, 1.82) is 0 Å². The van der Waals surface area contributed by atoms with Crippen LogP contribution in [0.25, 0.3) is 163 Å². The van der Waals surface area contributed by atoms with Crippen LogP contribution in [-0.4, -0.2) is 45.6 Å². The Hall–Kier alpha value is -13.7. The second-order valence-corrected chi connectivity index (χ2v) is 26.4. The molecule has 0 radical (unpaired) electrons. The van der Waals surface area contributed by atoms with Crippen LogP contribution >= 0.6 is 11.3 Å². The summed E-state index contributed by atoms with van der Waals surface area (Å²) in [4.78, 5) is 82.0. The third kappa shape index (κ3) is 9.71. The van der Waals surface area contributed by atoms with Gasteiger partial charge in [0.25, 0.3) is 22.2 Å². The summed E-state index contributed by atoms with van der Waals surface area (Å²) in [7, 11) is 0. The van der Waals surface area contributed by atoms with Crippen LogP contribution in [0.15, 0.2) is 333 Å². The Bertz CT molecular complexity index is 6950. The van der Waals surface area contributed by atoms with Gasteiger partial charge in [-0.25, -0.2) is 14.1 Å². The molecule has 0 bridgehead atoms. The standard InChI is InChI=1S/C54H32N4O2S.C34H21N5O2/c59-53-43-30-42-39-18-10-11-19-49(39)61-50(42)31-41(43)40-24-25-48-51(44-32-55-27-26-47(44)57(48)37-16-8-3-9-17-37)52(40)54(60)58(53)38-22-20-33(21-23-38)36-28-45(34-12-4-1-5-13-34)56-46(29-36)35-14-6-2-7-15-35;40-33-25-10-5-4-9-24(25)26-20-30-28(19-27(26)34(41)39(33)22-7-2-1-3-8-22)31-29(11-6-16-35-31)38(30)23-14-12-21(13-15-23)32-36-17-18-37-32/h1-32H;1-20,32H. The Labute approximate surface area is 583 Å². The summed E-state index contributed by atoms with van der Waals surface area (Å²) < 4.78 is 9.16. The number of pyridine rings is 3. The Kier molecular flexibility index (Phi) is 14.1. The molecule has 0 atom stereocenters. The Morgan fingerprint density at radius 3 is 1.54 bits per heavy atom. The van der Waals surface area contributed by atoms with Crippen LogP contribution in [0.5, 0.6) is 0 Å². The second-order valence-electron chi connectivity index (χ2n) is 25.3. The van der Waals surface area contributed by atoms with Crippen molar-refractivity contribution in [2.24, 2.45) is 9.98 Å². The fourth-order valence-electron chi connectivity index (χ4n) is 14.9. The molecule has 0 N–H and O–H groups in total. The molecule has 102 heavy (non-hydrogen) atoms. The highest BCUT2D eigenvalue weighted by Crippen LogP contribution is 2.42. The zero-order chi connectivity index (χ0) is 68.1. The highest BCUT2D eigenvalue weighted by molar-refractivity contribution is 7.25. The fourth-order valence-corrected chi connectivity index (χ4v) is 16.0. The van der Waals surface area contributed by atoms with E-state index in [0.29, 0.717) is 43.7 Å². The lowest BCUT2D eigenvalue weighted by Gasteiger charge is -2.11. The first kappa shape index (κ1) is 59.6. The van der Waals surface area contributed by atoms with E-state index in [9.17, 15) is 9.59 Å². The third-order valence-corrected chi connectivity index (χ3v) is 20.7. The number of thiophene rings is 1. The van der Waals surface area contributed by atoms with Gasteiger partial charge in [-0.3, -0.25) is 39.1 Å². The van der Waals surface area contributed by atoms with Crippen LogP contribution in [0, 0.1) is 0 Å². The molecule has 20 rings (SSSR count). The summed E-state index contributed by atoms with van der Waals surface area (Å²) in [5.41, 5.74) is 12.5. The van der Waals surface area contributed by atoms with Gasteiger partial charge >= 0.3 is 0 Å². The van der Waals surface area contributed by atoms with Crippen molar-refractivity contribution >= 4 is 131 Å². The van der Waals surface area contributed by atoms with Crippen molar-refractivity contribution in [3.05, 3.63) is 351 Å². The third-order valence-electron chi connectivity index (χ3n) is 19.6. The van der Waals surface area contributed by atoms with E-state index in [0.717, 1.165) is 125 Å². The molecule has 0 unspecified atom stereocenters. The average molecular weight is 1330 g/mol. The quantitative estimate of drug-likeness (QED) is 0.147. The molecule has 19 aromatic rings. The molecule has 0 saturated heterocycles. The molecule has 8 aromatic heterocycles. The molecule has 14 heteroatoms. The maximum atomic E-state index is 15.6. The molecule has 480 valence electrons. The second kappa shape index (κ2) is 24.1. The first-order valence-electron chi connectivity index (χ1n) is 33.4. The van der Waals surface area contributed by atoms with E-state index in [-0.39, 0.29) is 28.4 Å². The molecule has 1 aliphatic rings. The van der Waals surface area contributed by atoms with Gasteiger partial charge in [-0.05, 0) is 160 Å². The monoisotopic (exact) mass is 1330 g/mol. The molecule has 0 saturated carbocycles. The van der Waals surface area contributed by atoms with E-state index < -0.39 is 0 Å². The van der Waals surface area contributed by atoms with Crippen molar-refractivity contribution in [2.75, 3.05) is 0 Å². The molecule has 1 aliphatic heterocycles. The average Bonchev–Trinajstić information content (AvgIpc) is 1.56. The molecule has 0 amide bonds. The van der Waals surface area contributed by atoms with E-state index in [1.165, 1.54) is 9.13 Å². The van der Waals surface area contributed by atoms with Gasteiger partial charge in [0, 0.05) is 106 Å². The fraction of sp³-hybridized carbons (Fsp3) is 0.0114. The minimum Gasteiger partial charge on any atom is -0.309 e. The SMILES string of the molecule is O=c1c2cc3c(cc2c2ccc4c(c5cnccc5n4-c4ccccc4)c2c(=O)n1-c1ccc(-c2cc(-c4ccccc4)nc(-c4ccccc4)c2)cc1)sc1ccccc13.O=c1c2ccccc2c2cc3c(cc2c(=O)n1-c1ccccc1)c1ncccc1n3-c1ccc(C2N=CC=N2)cc1. The number of fused-ring (bicyclic) bond motifs is 16. The molecule has 0 spiro atoms. The molecule has 9 heterocycles. The van der Waals surface area contributed by atoms with E-state index in [4.69, 9.17) is 9.97 Å². The summed E-state index contributed by atoms with van der Waals surface area (Å²) >= 11 is 1.69. The molecule has 0 fully saturated rings. The minimum atomic E-state index is -0.389. The van der Waals surface area contributed by atoms with Gasteiger partial charge in [0.05, 0.1) is 55.7 Å². The van der Waals surface area contributed by atoms with Gasteiger partial charge in [0.2, 0.25) is 0 Å². The highest BCUT2D eigenvalue weighted by Gasteiger charge is 2.24. The topological polar surface area (TPSA) is 151 Å². The first-order chi connectivity index (χ1) is 50.3. The van der Waals surface area contributed by atoms with Crippen LogP contribution in [0.3, 0.4) is 0 Å². The van der Waals surface area contributed by atoms with Crippen LogP contribution in [0.4, 0.5) is 0 Å². The van der Waals surface area contributed by atoms with Crippen LogP contribution in [0.1, 0.15) is 11.7 Å². The minimum absolute atomic E-state index is 0.216. The van der Waals surface area contributed by atoms with E-state index in [2.05, 4.69) is 109 Å². The van der Waals surface area contributed by atoms with E-state index in [1.54, 1.807) is 54.4 Å². The summed E-state index contributed by atoms with van der Waals surface area (Å²) in [5, 5.41) is 9.26. The van der Waals surface area contributed by atoms with Crippen LogP contribution in [0.2, 0.25) is 0 Å². The lowest BCUT2D eigenvalue weighted by molar-refractivity contribution is 0.801. The number of rotatable bonds is 8. The van der Waals surface area contributed by atoms with Crippen molar-refractivity contribution in [1.82, 2.24) is 33.2 Å². The van der Waals surface area contributed by atoms with Gasteiger partial charge in [0.1, 0.15) is 0 Å². The zero-order valence-electron chi connectivity index (χ0n) is 54.2. The number of hydrogen-bond donors (Lipinski definition) is 0. The van der Waals surface area contributed by atoms with Crippen molar-refractivity contribution in [3.8, 4) is 56.4 Å². The Morgan fingerprint density at radius 2 is 0.853 bits per heavy atom. The van der Waals surface area contributed by atoms with Crippen molar-refractivity contribution in [3.63, 3.8) is 0 Å². The molecule has 13 nitrogen and oxygen atoms in total. The maximum absolute atomic E-state index is 15.6. The number of para-hydroxylation sites is 2. The number of benzene rings is 11. The molecular formula is C88H53N9O4S. The smallest absolute Gasteiger partial charge is 0.266 e. The normalized spacial score (nSPS) is 12.4. The van der Waals surface area contributed by atoms with Gasteiger partial charge in [-0.2, -0.15) is 0 Å². The number of nitrogens with zero attached hydrogens (tertiary/aromatic N) is 9. The summed E-state index contributed by atoms with van der Waals surface area (Å²) in [6, 6.07) is 93.3. The molecule has 0 aliphatic carbocycles. The number of aromatic nitrogens is 7. The Balaban J connectivity index is 0.000000153. The molecule has 11 aromatic carbocycles. The number of aliphatic imine (C=N–C) groups is 2. The van der Waals surface area contributed by atoms with Crippen LogP contribution in [-0.2, 0) is 0 Å². The van der Waals surface area contributed by atoms with Gasteiger partial charge in [-0.15, -0.1) is 11.3 Å². The van der Waals surface area contributed by atoms with Gasteiger partial charge < -0.3 is 9.13 Å². The maximum Gasteiger partial charge on any atom is 0.266 e. The number of hydrogen-bond acceptors (Lipinski definition) is 10. The summed E-state index contributed by atoms with van der Waals surface area (Å²) in [6.07, 6.45) is 8.58. The zero-order valence-corrected chi connectivity index (χ0v) is 55.0. The van der Waals surface area contributed by atoms with E-state index >= 15 is 9.59 Å². The van der Waals surface area contributed by atoms with Crippen molar-refractivity contribution < 1.29 is 0 Å².